The van der Waals surface area contributed by atoms with E-state index in [1.807, 2.05) is 19.9 Å². The van der Waals surface area contributed by atoms with E-state index in [1.54, 1.807) is 12.4 Å². The molecule has 1 atom stereocenters. The van der Waals surface area contributed by atoms with Crippen molar-refractivity contribution in [2.75, 3.05) is 23.3 Å². The maximum Gasteiger partial charge on any atom is 0.225 e. The number of rotatable bonds is 3. The van der Waals surface area contributed by atoms with Gasteiger partial charge < -0.3 is 10.2 Å². The molecular formula is C16H19N7. The van der Waals surface area contributed by atoms with Crippen LogP contribution < -0.4 is 10.2 Å². The van der Waals surface area contributed by atoms with Gasteiger partial charge in [-0.15, -0.1) is 5.10 Å². The average molecular weight is 309 g/mol. The smallest absolute Gasteiger partial charge is 0.225 e. The first-order valence-corrected chi connectivity index (χ1v) is 7.71. The fourth-order valence-corrected chi connectivity index (χ4v) is 2.77. The zero-order valence-electron chi connectivity index (χ0n) is 13.3. The van der Waals surface area contributed by atoms with E-state index in [0.29, 0.717) is 11.4 Å². The largest absolute Gasteiger partial charge is 0.363 e. The third-order valence-electron chi connectivity index (χ3n) is 4.16. The Balaban J connectivity index is 1.76. The van der Waals surface area contributed by atoms with E-state index in [1.165, 1.54) is 0 Å². The number of hydrogen-bond acceptors (Lipinski definition) is 7. The van der Waals surface area contributed by atoms with Crippen LogP contribution in [-0.2, 0) is 0 Å². The molecule has 1 fully saturated rings. The van der Waals surface area contributed by atoms with Crippen LogP contribution in [0.1, 0.15) is 29.7 Å². The van der Waals surface area contributed by atoms with Crippen molar-refractivity contribution in [3.05, 3.63) is 35.3 Å². The lowest BCUT2D eigenvalue weighted by Crippen LogP contribution is -2.43. The van der Waals surface area contributed by atoms with E-state index >= 15 is 0 Å². The molecule has 1 unspecified atom stereocenters. The summed E-state index contributed by atoms with van der Waals surface area (Å²) in [6.07, 6.45) is 5.56. The van der Waals surface area contributed by atoms with Crippen molar-refractivity contribution >= 4 is 11.8 Å². The van der Waals surface area contributed by atoms with Gasteiger partial charge in [0.15, 0.2) is 5.82 Å². The van der Waals surface area contributed by atoms with Gasteiger partial charge in [-0.2, -0.15) is 10.4 Å². The van der Waals surface area contributed by atoms with Crippen molar-refractivity contribution in [3.63, 3.8) is 0 Å². The minimum Gasteiger partial charge on any atom is -0.363 e. The fraction of sp³-hybridized carbons (Fsp3) is 0.438. The molecular weight excluding hydrogens is 290 g/mol. The van der Waals surface area contributed by atoms with Crippen LogP contribution in [0, 0.1) is 25.2 Å². The van der Waals surface area contributed by atoms with Crippen LogP contribution in [0.5, 0.6) is 0 Å². The van der Waals surface area contributed by atoms with Crippen LogP contribution in [0.4, 0.5) is 11.8 Å². The van der Waals surface area contributed by atoms with Crippen LogP contribution in [-0.4, -0.2) is 39.3 Å². The van der Waals surface area contributed by atoms with Crippen molar-refractivity contribution < 1.29 is 0 Å². The summed E-state index contributed by atoms with van der Waals surface area (Å²) in [4.78, 5) is 10.8. The second kappa shape index (κ2) is 6.57. The summed E-state index contributed by atoms with van der Waals surface area (Å²) < 4.78 is 0. The molecule has 7 heteroatoms. The van der Waals surface area contributed by atoms with E-state index in [0.717, 1.165) is 43.1 Å². The summed E-state index contributed by atoms with van der Waals surface area (Å²) in [5, 5.41) is 21.1. The number of piperidine rings is 1. The molecule has 0 bridgehead atoms. The molecule has 0 amide bonds. The topological polar surface area (TPSA) is 90.6 Å². The molecule has 118 valence electrons. The van der Waals surface area contributed by atoms with Gasteiger partial charge in [-0.1, -0.05) is 0 Å². The van der Waals surface area contributed by atoms with Crippen molar-refractivity contribution in [1.82, 2.24) is 20.2 Å². The van der Waals surface area contributed by atoms with Crippen molar-refractivity contribution in [1.29, 1.82) is 5.26 Å². The summed E-state index contributed by atoms with van der Waals surface area (Å²) in [7, 11) is 0. The molecule has 0 aromatic carbocycles. The Morgan fingerprint density at radius 1 is 1.26 bits per heavy atom. The van der Waals surface area contributed by atoms with Gasteiger partial charge in [-0.25, -0.2) is 9.97 Å². The predicted molar refractivity (Wildman–Crippen MR) is 87.1 cm³/mol. The zero-order chi connectivity index (χ0) is 16.2. The lowest BCUT2D eigenvalue weighted by Gasteiger charge is -2.33. The molecule has 23 heavy (non-hydrogen) atoms. The van der Waals surface area contributed by atoms with Gasteiger partial charge in [-0.05, 0) is 38.3 Å². The van der Waals surface area contributed by atoms with E-state index in [9.17, 15) is 5.26 Å². The zero-order valence-corrected chi connectivity index (χ0v) is 13.3. The molecule has 0 spiro atoms. The lowest BCUT2D eigenvalue weighted by atomic mass is 10.0. The molecule has 7 nitrogen and oxygen atoms in total. The fourth-order valence-electron chi connectivity index (χ4n) is 2.77. The Labute approximate surface area is 135 Å². The Kier molecular flexibility index (Phi) is 4.33. The Bertz CT molecular complexity index is 723. The third-order valence-corrected chi connectivity index (χ3v) is 4.16. The summed E-state index contributed by atoms with van der Waals surface area (Å²) in [6.45, 7) is 5.48. The summed E-state index contributed by atoms with van der Waals surface area (Å²) in [6, 6.07) is 4.24. The second-order valence-corrected chi connectivity index (χ2v) is 5.72. The first-order chi connectivity index (χ1) is 11.2. The van der Waals surface area contributed by atoms with E-state index in [2.05, 4.69) is 36.5 Å². The van der Waals surface area contributed by atoms with E-state index < -0.39 is 0 Å². The maximum absolute atomic E-state index is 9.39. The highest BCUT2D eigenvalue weighted by Crippen LogP contribution is 2.22. The van der Waals surface area contributed by atoms with Crippen molar-refractivity contribution in [3.8, 4) is 6.07 Å². The highest BCUT2D eigenvalue weighted by molar-refractivity contribution is 5.56. The van der Waals surface area contributed by atoms with Crippen molar-refractivity contribution in [2.24, 2.45) is 0 Å². The van der Waals surface area contributed by atoms with E-state index in [4.69, 9.17) is 0 Å². The van der Waals surface area contributed by atoms with Crippen LogP contribution in [0.3, 0.4) is 0 Å². The summed E-state index contributed by atoms with van der Waals surface area (Å²) in [5.41, 5.74) is 2.24. The Morgan fingerprint density at radius 3 is 2.78 bits per heavy atom. The molecule has 3 heterocycles. The number of aromatic nitrogens is 4. The average Bonchev–Trinajstić information content (AvgIpc) is 2.60. The number of aryl methyl sites for hydroxylation is 1. The second-order valence-electron chi connectivity index (χ2n) is 5.72. The van der Waals surface area contributed by atoms with Gasteiger partial charge >= 0.3 is 0 Å². The minimum absolute atomic E-state index is 0.191. The Morgan fingerprint density at radius 2 is 2.04 bits per heavy atom. The van der Waals surface area contributed by atoms with Crippen molar-refractivity contribution in [2.45, 2.75) is 32.7 Å². The normalized spacial score (nSPS) is 17.6. The van der Waals surface area contributed by atoms with Crippen LogP contribution in [0.25, 0.3) is 0 Å². The number of nitrogens with one attached hydrogen (secondary N) is 1. The predicted octanol–water partition coefficient (Wildman–Crippen LogP) is 1.84. The van der Waals surface area contributed by atoms with Crippen LogP contribution in [0.15, 0.2) is 18.5 Å². The molecule has 0 aliphatic carbocycles. The summed E-state index contributed by atoms with van der Waals surface area (Å²) in [5.74, 6) is 1.31. The number of nitrogens with zero attached hydrogens (tertiary/aromatic N) is 6. The van der Waals surface area contributed by atoms with Gasteiger partial charge in [0, 0.05) is 31.5 Å². The first-order valence-electron chi connectivity index (χ1n) is 7.71. The molecule has 1 aliphatic heterocycles. The highest BCUT2D eigenvalue weighted by atomic mass is 15.3. The first kappa shape index (κ1) is 15.2. The third kappa shape index (κ3) is 3.21. The number of hydrogen-bond donors (Lipinski definition) is 1. The van der Waals surface area contributed by atoms with Gasteiger partial charge in [0.25, 0.3) is 0 Å². The van der Waals surface area contributed by atoms with Crippen LogP contribution in [0.2, 0.25) is 0 Å². The minimum atomic E-state index is 0.191. The molecule has 2 aromatic rings. The quantitative estimate of drug-likeness (QED) is 0.925. The lowest BCUT2D eigenvalue weighted by molar-refractivity contribution is 0.521. The Hall–Kier alpha value is -2.75. The number of nitriles is 1. The van der Waals surface area contributed by atoms with Gasteiger partial charge in [-0.3, -0.25) is 0 Å². The molecule has 0 saturated carbocycles. The van der Waals surface area contributed by atoms with Gasteiger partial charge in [0.1, 0.15) is 11.6 Å². The SMILES string of the molecule is Cc1nnc(NC2CCCN(c3ncccn3)C2)c(C#N)c1C. The van der Waals surface area contributed by atoms with Gasteiger partial charge in [0.2, 0.25) is 5.95 Å². The van der Waals surface area contributed by atoms with E-state index in [-0.39, 0.29) is 6.04 Å². The molecule has 1 saturated heterocycles. The highest BCUT2D eigenvalue weighted by Gasteiger charge is 2.23. The standard InChI is InChI=1S/C16H19N7/c1-11-12(2)21-22-15(14(11)9-17)20-13-5-3-8-23(10-13)16-18-6-4-7-19-16/h4,6-7,13H,3,5,8,10H2,1-2H3,(H,20,22). The number of anilines is 2. The molecule has 3 rings (SSSR count). The monoisotopic (exact) mass is 309 g/mol. The molecule has 1 N–H and O–H groups in total. The maximum atomic E-state index is 9.39. The molecule has 0 radical (unpaired) electrons. The van der Waals surface area contributed by atoms with Gasteiger partial charge in [0.05, 0.1) is 5.69 Å². The summed E-state index contributed by atoms with van der Waals surface area (Å²) >= 11 is 0. The molecule has 1 aliphatic rings. The van der Waals surface area contributed by atoms with Crippen LogP contribution >= 0.6 is 0 Å². The molecule has 2 aromatic heterocycles.